The van der Waals surface area contributed by atoms with Crippen LogP contribution in [0, 0.1) is 23.3 Å². The number of ether oxygens (including phenoxy) is 2. The highest BCUT2D eigenvalue weighted by Crippen LogP contribution is 2.42. The third-order valence-electron chi connectivity index (χ3n) is 10.4. The number of fused-ring (bicyclic) bond motifs is 2. The predicted molar refractivity (Wildman–Crippen MR) is 280 cm³/mol. The molecule has 0 saturated carbocycles. The average molecular weight is 1110 g/mol. The molecule has 23 heteroatoms. The van der Waals surface area contributed by atoms with Gasteiger partial charge in [0.15, 0.2) is 0 Å². The van der Waals surface area contributed by atoms with E-state index in [1.165, 1.54) is 101 Å². The minimum Gasteiger partial charge on any atom is -0.443 e. The van der Waals surface area contributed by atoms with Gasteiger partial charge in [-0.25, -0.2) is 41.5 Å². The van der Waals surface area contributed by atoms with Gasteiger partial charge in [0.25, 0.3) is 11.8 Å². The highest BCUT2D eigenvalue weighted by Gasteiger charge is 2.31. The van der Waals surface area contributed by atoms with Crippen LogP contribution in [0.2, 0.25) is 10.0 Å². The van der Waals surface area contributed by atoms with Gasteiger partial charge in [-0.1, -0.05) is 50.2 Å². The summed E-state index contributed by atoms with van der Waals surface area (Å²) < 4.78 is 67.0. The fourth-order valence-electron chi connectivity index (χ4n) is 6.98. The van der Waals surface area contributed by atoms with Gasteiger partial charge < -0.3 is 25.4 Å². The van der Waals surface area contributed by atoms with Crippen LogP contribution >= 0.6 is 58.5 Å². The largest absolute Gasteiger partial charge is 0.443 e. The van der Waals surface area contributed by atoms with Gasteiger partial charge in [0.2, 0.25) is 0 Å². The van der Waals surface area contributed by atoms with Crippen LogP contribution in [-0.4, -0.2) is 55.0 Å². The van der Waals surface area contributed by atoms with Gasteiger partial charge in [-0.05, 0) is 115 Å². The molecule has 0 aliphatic carbocycles. The maximum atomic E-state index is 14.8. The number of amides is 3. The molecule has 0 radical (unpaired) electrons. The van der Waals surface area contributed by atoms with Crippen molar-refractivity contribution in [2.45, 2.75) is 62.8 Å². The summed E-state index contributed by atoms with van der Waals surface area (Å²) in [6.07, 6.45) is 7.64. The third kappa shape index (κ3) is 15.4. The van der Waals surface area contributed by atoms with Gasteiger partial charge in [0, 0.05) is 62.8 Å². The summed E-state index contributed by atoms with van der Waals surface area (Å²) in [6.45, 7) is 0.143. The van der Waals surface area contributed by atoms with E-state index in [0.717, 1.165) is 6.07 Å². The molecule has 4 N–H and O–H groups in total. The van der Waals surface area contributed by atoms with E-state index in [0.29, 0.717) is 68.0 Å². The van der Waals surface area contributed by atoms with E-state index < -0.39 is 53.3 Å². The highest BCUT2D eigenvalue weighted by atomic mass is 35.5. The summed E-state index contributed by atoms with van der Waals surface area (Å²) in [5.41, 5.74) is 3.16. The zero-order valence-electron chi connectivity index (χ0n) is 37.2. The van der Waals surface area contributed by atoms with Gasteiger partial charge in [-0.15, -0.1) is 23.5 Å². The standard InChI is InChI=1S/C23H18ClF2N3O3S.C16H12Cl2F2N2OS.C10H9N3O2.2CH4/c24-16-11-13(4-6-17(16)25)28-22(30)15-5-7-18(26)20-19(8-10-33-21(15)20)29-23(31)32-12-14-3-1-2-9-27-14;17-10-7-8(1-3-11(10)19)21-16(23)9-2-4-12(20)14-13(22-18)5-6-24-15(9)14;14-10(13-6-5-11-8-13)15-7-9-3-1-2-4-12-9;;/h1-7,9,11,19H,8,10,12H2,(H,28,30)(H,29,31);1-4,7,13,22H,5-6H2,(H,21,23);1-6,8H,7H2;2*1H4. The van der Waals surface area contributed by atoms with Gasteiger partial charge in [-0.3, -0.25) is 19.6 Å². The highest BCUT2D eigenvalue weighted by molar-refractivity contribution is 7.99. The minimum atomic E-state index is -0.710. The maximum Gasteiger partial charge on any atom is 0.419 e. The molecule has 14 nitrogen and oxygen atoms in total. The molecule has 5 heterocycles. The van der Waals surface area contributed by atoms with Crippen molar-refractivity contribution in [2.24, 2.45) is 0 Å². The molecule has 0 fully saturated rings. The van der Waals surface area contributed by atoms with Crippen LogP contribution in [0.5, 0.6) is 0 Å². The normalized spacial score (nSPS) is 14.0. The molecule has 2 aliphatic rings. The van der Waals surface area contributed by atoms with Gasteiger partial charge >= 0.3 is 12.2 Å². The van der Waals surface area contributed by atoms with Gasteiger partial charge in [0.1, 0.15) is 42.8 Å². The second kappa shape index (κ2) is 28.1. The number of alkyl carbamates (subject to hydrolysis) is 1. The van der Waals surface area contributed by atoms with Crippen molar-refractivity contribution in [3.8, 4) is 0 Å². The molecular formula is C51H47Cl3F4N8O6S2. The van der Waals surface area contributed by atoms with E-state index in [1.807, 2.05) is 6.07 Å². The first-order valence-corrected chi connectivity index (χ1v) is 24.6. The molecule has 2 aliphatic heterocycles. The number of carbonyl (C=O) groups excluding carboxylic acids is 4. The first-order valence-electron chi connectivity index (χ1n) is 21.5. The Bertz CT molecular complexity index is 3050. The zero-order chi connectivity index (χ0) is 51.1. The van der Waals surface area contributed by atoms with E-state index in [1.54, 1.807) is 42.7 Å². The van der Waals surface area contributed by atoms with Crippen LogP contribution < -0.4 is 20.8 Å². The smallest absolute Gasteiger partial charge is 0.419 e. The Kier molecular flexibility index (Phi) is 22.1. The van der Waals surface area contributed by atoms with E-state index in [2.05, 4.69) is 35.7 Å². The lowest BCUT2D eigenvalue weighted by atomic mass is 9.99. The van der Waals surface area contributed by atoms with Gasteiger partial charge in [-0.2, -0.15) is 0 Å². The van der Waals surface area contributed by atoms with Gasteiger partial charge in [0.05, 0.1) is 44.6 Å². The van der Waals surface area contributed by atoms with Crippen LogP contribution in [-0.2, 0) is 22.7 Å². The van der Waals surface area contributed by atoms with E-state index in [9.17, 15) is 36.7 Å². The SMILES string of the molecule is C.C.O=C(NC1CCSc2c(C(=O)Nc3ccc(F)c(Cl)c3)ccc(F)c21)OCc1ccccn1.O=C(Nc1ccc(F)c(Cl)c1)c1ccc(F)c2c1SCCC2NCl.O=C(OCc1ccccn1)n1ccnc1. The Hall–Kier alpha value is -6.68. The number of halogens is 7. The van der Waals surface area contributed by atoms with E-state index in [-0.39, 0.29) is 55.3 Å². The Morgan fingerprint density at radius 3 is 1.58 bits per heavy atom. The molecule has 4 aromatic carbocycles. The molecule has 0 saturated heterocycles. The molecule has 74 heavy (non-hydrogen) atoms. The molecule has 0 bridgehead atoms. The number of hydrogen-bond donors (Lipinski definition) is 4. The number of carbonyl (C=O) groups is 4. The van der Waals surface area contributed by atoms with E-state index >= 15 is 0 Å². The number of imidazole rings is 1. The Morgan fingerprint density at radius 1 is 0.635 bits per heavy atom. The second-order valence-electron chi connectivity index (χ2n) is 15.2. The van der Waals surface area contributed by atoms with Crippen LogP contribution in [0.1, 0.15) is 83.0 Å². The van der Waals surface area contributed by atoms with Crippen molar-refractivity contribution >= 4 is 93.9 Å². The monoisotopic (exact) mass is 1110 g/mol. The fourth-order valence-corrected chi connectivity index (χ4v) is 10.1. The summed E-state index contributed by atoms with van der Waals surface area (Å²) in [7, 11) is 0. The van der Waals surface area contributed by atoms with Crippen molar-refractivity contribution < 1.29 is 46.2 Å². The molecular weight excluding hydrogens is 1070 g/mol. The summed E-state index contributed by atoms with van der Waals surface area (Å²) in [5.74, 6) is -1.76. The number of pyridine rings is 2. The first kappa shape index (κ1) is 58.2. The zero-order valence-corrected chi connectivity index (χ0v) is 41.1. The summed E-state index contributed by atoms with van der Waals surface area (Å²) >= 11 is 19.9. The molecule has 9 rings (SSSR count). The number of anilines is 2. The molecule has 388 valence electrons. The Labute approximate surface area is 447 Å². The Morgan fingerprint density at radius 2 is 1.12 bits per heavy atom. The number of thioether (sulfide) groups is 2. The van der Waals surface area contributed by atoms with Crippen molar-refractivity contribution in [3.05, 3.63) is 195 Å². The summed E-state index contributed by atoms with van der Waals surface area (Å²) in [6, 6.07) is 22.6. The quantitative estimate of drug-likeness (QED) is 0.0754. The van der Waals surface area contributed by atoms with E-state index in [4.69, 9.17) is 44.5 Å². The second-order valence-corrected chi connectivity index (χ2v) is 18.5. The molecule has 0 spiro atoms. The number of nitrogens with zero attached hydrogens (tertiary/aromatic N) is 4. The molecule has 2 atom stereocenters. The topological polar surface area (TPSA) is 178 Å². The third-order valence-corrected chi connectivity index (χ3v) is 13.6. The Balaban J connectivity index is 0.000000217. The molecule has 3 amide bonds. The summed E-state index contributed by atoms with van der Waals surface area (Å²) in [5, 5.41) is 7.76. The number of hydrogen-bond acceptors (Lipinski definition) is 12. The minimum absolute atomic E-state index is 0. The summed E-state index contributed by atoms with van der Waals surface area (Å²) in [4.78, 5) is 64.5. The number of rotatable bonds is 10. The number of benzene rings is 4. The van der Waals surface area contributed by atoms with Crippen molar-refractivity contribution in [2.75, 3.05) is 22.1 Å². The number of nitrogens with one attached hydrogen (secondary N) is 4. The molecule has 7 aromatic rings. The van der Waals surface area contributed by atoms with Crippen molar-refractivity contribution in [1.82, 2.24) is 29.7 Å². The lowest BCUT2D eigenvalue weighted by Crippen LogP contribution is -2.32. The maximum absolute atomic E-state index is 14.8. The first-order chi connectivity index (χ1) is 34.8. The van der Waals surface area contributed by atoms with Crippen molar-refractivity contribution in [1.29, 1.82) is 0 Å². The lowest BCUT2D eigenvalue weighted by Gasteiger charge is -2.27. The average Bonchev–Trinajstić information content (AvgIpc) is 3.94. The van der Waals surface area contributed by atoms with Crippen molar-refractivity contribution in [3.63, 3.8) is 0 Å². The molecule has 3 aromatic heterocycles. The predicted octanol–water partition coefficient (Wildman–Crippen LogP) is 13.6. The van der Waals surface area contributed by atoms with Crippen LogP contribution in [0.25, 0.3) is 0 Å². The van der Waals surface area contributed by atoms with Crippen LogP contribution in [0.4, 0.5) is 38.5 Å². The number of aromatic nitrogens is 4. The molecule has 2 unspecified atom stereocenters. The lowest BCUT2D eigenvalue weighted by molar-refractivity contribution is 0.101. The van der Waals surface area contributed by atoms with Crippen LogP contribution in [0.15, 0.2) is 138 Å². The fraction of sp³-hybridized carbons (Fsp3) is 0.196. The van der Waals surface area contributed by atoms with Crippen LogP contribution in [0.3, 0.4) is 0 Å².